The minimum Gasteiger partial charge on any atom is -0.371 e. The number of pyridine rings is 1. The van der Waals surface area contributed by atoms with E-state index in [4.69, 9.17) is 4.74 Å². The van der Waals surface area contributed by atoms with Gasteiger partial charge in [-0.2, -0.15) is 0 Å². The van der Waals surface area contributed by atoms with Crippen LogP contribution in [-0.4, -0.2) is 54.2 Å². The van der Waals surface area contributed by atoms with E-state index in [2.05, 4.69) is 10.3 Å². The van der Waals surface area contributed by atoms with Crippen molar-refractivity contribution in [2.75, 3.05) is 32.8 Å². The van der Waals surface area contributed by atoms with Gasteiger partial charge in [-0.3, -0.25) is 9.78 Å². The number of ether oxygens (including phenoxy) is 1. The van der Waals surface area contributed by atoms with Crippen LogP contribution >= 0.6 is 0 Å². The van der Waals surface area contributed by atoms with Crippen LogP contribution in [0.25, 0.3) is 0 Å². The average molecular weight is 261 g/mol. The number of rotatable bonds is 1. The van der Waals surface area contributed by atoms with Gasteiger partial charge in [0.2, 0.25) is 0 Å². The Morgan fingerprint density at radius 1 is 1.32 bits per heavy atom. The summed E-state index contributed by atoms with van der Waals surface area (Å²) < 4.78 is 5.98. The maximum Gasteiger partial charge on any atom is 0.254 e. The van der Waals surface area contributed by atoms with Gasteiger partial charge in [0, 0.05) is 24.5 Å². The van der Waals surface area contributed by atoms with E-state index in [1.807, 2.05) is 4.90 Å². The van der Waals surface area contributed by atoms with Crippen LogP contribution in [0.5, 0.6) is 0 Å². The summed E-state index contributed by atoms with van der Waals surface area (Å²) in [6.45, 7) is 3.96. The molecule has 102 valence electrons. The number of piperidine rings is 1. The van der Waals surface area contributed by atoms with Crippen LogP contribution in [0.15, 0.2) is 24.5 Å². The number of carbonyl (C=O) groups is 1. The molecule has 0 saturated carbocycles. The first kappa shape index (κ1) is 12.6. The van der Waals surface area contributed by atoms with Gasteiger partial charge < -0.3 is 15.0 Å². The molecule has 2 aliphatic heterocycles. The molecule has 0 unspecified atom stereocenters. The summed E-state index contributed by atoms with van der Waals surface area (Å²) in [4.78, 5) is 18.3. The molecule has 5 nitrogen and oxygen atoms in total. The van der Waals surface area contributed by atoms with Gasteiger partial charge in [-0.1, -0.05) is 0 Å². The normalized spacial score (nSPS) is 22.4. The Morgan fingerprint density at radius 3 is 2.79 bits per heavy atom. The predicted molar refractivity (Wildman–Crippen MR) is 70.9 cm³/mol. The van der Waals surface area contributed by atoms with Crippen molar-refractivity contribution in [3.63, 3.8) is 0 Å². The number of amides is 1. The molecule has 1 amide bonds. The Bertz CT molecular complexity index is 438. The third-order valence-electron chi connectivity index (χ3n) is 3.98. The predicted octanol–water partition coefficient (Wildman–Crippen LogP) is 0.676. The summed E-state index contributed by atoms with van der Waals surface area (Å²) in [5, 5.41) is 3.34. The quantitative estimate of drug-likeness (QED) is 0.807. The SMILES string of the molecule is O=C(c1ccncc1)N1CCOC2(CCNCC2)C1. The van der Waals surface area contributed by atoms with Gasteiger partial charge >= 0.3 is 0 Å². The highest BCUT2D eigenvalue weighted by molar-refractivity contribution is 5.94. The number of nitrogens with zero attached hydrogens (tertiary/aromatic N) is 2. The molecule has 0 aliphatic carbocycles. The van der Waals surface area contributed by atoms with E-state index in [1.54, 1.807) is 24.5 Å². The second-order valence-electron chi connectivity index (χ2n) is 5.24. The van der Waals surface area contributed by atoms with Gasteiger partial charge in [0.25, 0.3) is 5.91 Å². The largest absolute Gasteiger partial charge is 0.371 e. The van der Waals surface area contributed by atoms with Crippen molar-refractivity contribution in [1.82, 2.24) is 15.2 Å². The van der Waals surface area contributed by atoms with Crippen molar-refractivity contribution >= 4 is 5.91 Å². The van der Waals surface area contributed by atoms with E-state index in [9.17, 15) is 4.79 Å². The Balaban J connectivity index is 1.73. The van der Waals surface area contributed by atoms with Crippen molar-refractivity contribution in [3.05, 3.63) is 30.1 Å². The van der Waals surface area contributed by atoms with Crippen molar-refractivity contribution in [1.29, 1.82) is 0 Å². The van der Waals surface area contributed by atoms with Crippen LogP contribution in [0.2, 0.25) is 0 Å². The Morgan fingerprint density at radius 2 is 2.05 bits per heavy atom. The molecule has 5 heteroatoms. The van der Waals surface area contributed by atoms with E-state index in [-0.39, 0.29) is 11.5 Å². The molecule has 3 heterocycles. The number of carbonyl (C=O) groups excluding carboxylic acids is 1. The van der Waals surface area contributed by atoms with E-state index >= 15 is 0 Å². The molecule has 19 heavy (non-hydrogen) atoms. The van der Waals surface area contributed by atoms with E-state index in [1.165, 1.54) is 0 Å². The summed E-state index contributed by atoms with van der Waals surface area (Å²) in [7, 11) is 0. The van der Waals surface area contributed by atoms with Crippen molar-refractivity contribution in [2.45, 2.75) is 18.4 Å². The molecule has 1 spiro atoms. The van der Waals surface area contributed by atoms with Crippen LogP contribution < -0.4 is 5.32 Å². The van der Waals surface area contributed by atoms with Crippen LogP contribution in [0.3, 0.4) is 0 Å². The molecule has 1 N–H and O–H groups in total. The zero-order chi connectivity index (χ0) is 13.1. The first-order valence-corrected chi connectivity index (χ1v) is 6.83. The monoisotopic (exact) mass is 261 g/mol. The van der Waals surface area contributed by atoms with Crippen molar-refractivity contribution < 1.29 is 9.53 Å². The fourth-order valence-electron chi connectivity index (χ4n) is 2.88. The van der Waals surface area contributed by atoms with Gasteiger partial charge in [0.1, 0.15) is 0 Å². The molecule has 2 saturated heterocycles. The summed E-state index contributed by atoms with van der Waals surface area (Å²) >= 11 is 0. The smallest absolute Gasteiger partial charge is 0.254 e. The molecular weight excluding hydrogens is 242 g/mol. The van der Waals surface area contributed by atoms with Gasteiger partial charge in [0.05, 0.1) is 18.8 Å². The summed E-state index contributed by atoms with van der Waals surface area (Å²) in [5.41, 5.74) is 0.576. The Kier molecular flexibility index (Phi) is 3.48. The van der Waals surface area contributed by atoms with Gasteiger partial charge in [-0.25, -0.2) is 0 Å². The summed E-state index contributed by atoms with van der Waals surface area (Å²) in [6, 6.07) is 3.54. The minimum atomic E-state index is -0.133. The molecule has 0 aromatic carbocycles. The third-order valence-corrected chi connectivity index (χ3v) is 3.98. The van der Waals surface area contributed by atoms with E-state index < -0.39 is 0 Å². The molecule has 0 atom stereocenters. The number of aromatic nitrogens is 1. The lowest BCUT2D eigenvalue weighted by Crippen LogP contribution is -2.57. The lowest BCUT2D eigenvalue weighted by Gasteiger charge is -2.45. The first-order chi connectivity index (χ1) is 9.29. The van der Waals surface area contributed by atoms with Crippen LogP contribution in [0.1, 0.15) is 23.2 Å². The van der Waals surface area contributed by atoms with Crippen LogP contribution in [-0.2, 0) is 4.74 Å². The number of nitrogens with one attached hydrogen (secondary N) is 1. The van der Waals surface area contributed by atoms with Gasteiger partial charge in [-0.15, -0.1) is 0 Å². The second kappa shape index (κ2) is 5.27. The number of morpholine rings is 1. The highest BCUT2D eigenvalue weighted by Crippen LogP contribution is 2.28. The van der Waals surface area contributed by atoms with Crippen molar-refractivity contribution in [3.8, 4) is 0 Å². The third kappa shape index (κ3) is 2.62. The van der Waals surface area contributed by atoms with Gasteiger partial charge in [0.15, 0.2) is 0 Å². The summed E-state index contributed by atoms with van der Waals surface area (Å²) in [5.74, 6) is 0.0867. The van der Waals surface area contributed by atoms with Crippen LogP contribution in [0.4, 0.5) is 0 Å². The maximum absolute atomic E-state index is 12.5. The fraction of sp³-hybridized carbons (Fsp3) is 0.571. The standard InChI is InChI=1S/C14H19N3O2/c18-13(12-1-5-15-6-2-12)17-9-10-19-14(11-17)3-7-16-8-4-14/h1-2,5-6,16H,3-4,7-11H2. The van der Waals surface area contributed by atoms with E-state index in [0.717, 1.165) is 25.9 Å². The lowest BCUT2D eigenvalue weighted by atomic mass is 9.90. The molecule has 0 bridgehead atoms. The molecule has 3 rings (SSSR count). The first-order valence-electron chi connectivity index (χ1n) is 6.83. The lowest BCUT2D eigenvalue weighted by molar-refractivity contribution is -0.114. The number of hydrogen-bond donors (Lipinski definition) is 1. The zero-order valence-corrected chi connectivity index (χ0v) is 11.0. The summed E-state index contributed by atoms with van der Waals surface area (Å²) in [6.07, 6.45) is 5.28. The Hall–Kier alpha value is -1.46. The number of hydrogen-bond acceptors (Lipinski definition) is 4. The maximum atomic E-state index is 12.5. The average Bonchev–Trinajstić information content (AvgIpc) is 2.48. The molecule has 2 fully saturated rings. The van der Waals surface area contributed by atoms with Gasteiger partial charge in [-0.05, 0) is 38.1 Å². The van der Waals surface area contributed by atoms with Crippen molar-refractivity contribution in [2.24, 2.45) is 0 Å². The Labute approximate surface area is 113 Å². The molecule has 2 aliphatic rings. The second-order valence-corrected chi connectivity index (χ2v) is 5.24. The topological polar surface area (TPSA) is 54.5 Å². The van der Waals surface area contributed by atoms with E-state index in [0.29, 0.717) is 25.3 Å². The highest BCUT2D eigenvalue weighted by atomic mass is 16.5. The van der Waals surface area contributed by atoms with Crippen LogP contribution in [0, 0.1) is 0 Å². The molecular formula is C14H19N3O2. The molecule has 1 aromatic rings. The zero-order valence-electron chi connectivity index (χ0n) is 11.0. The molecule has 0 radical (unpaired) electrons. The molecule has 1 aromatic heterocycles. The minimum absolute atomic E-state index is 0.0867. The highest BCUT2D eigenvalue weighted by Gasteiger charge is 2.39. The fourth-order valence-corrected chi connectivity index (χ4v) is 2.88.